The second kappa shape index (κ2) is 20.7. The largest absolute Gasteiger partial charge is 0.493 e. The second-order valence-corrected chi connectivity index (χ2v) is 14.0. The zero-order valence-corrected chi connectivity index (χ0v) is 31.1. The standard InChI is InChI=1S/C44H68N2/c1-8-15-22-34-29-39(30-35(23-16-9-2)41(34)27-20-13-6)43-33-38(26-19-12-5)44(46(43)45)40-31-36(24-17-10-3)42(28-21-14-7)37(32-40)25-18-11-4/h29-33H,8-28H2,1-7H3. The number of rotatable bonds is 23. The molecule has 2 aromatic carbocycles. The van der Waals surface area contributed by atoms with Crippen LogP contribution in [-0.2, 0) is 38.5 Å². The zero-order valence-electron chi connectivity index (χ0n) is 31.1. The smallest absolute Gasteiger partial charge is 0.210 e. The third-order valence-corrected chi connectivity index (χ3v) is 10.1. The number of hydrogen-bond donors (Lipinski definition) is 0. The van der Waals surface area contributed by atoms with Crippen LogP contribution >= 0.6 is 0 Å². The van der Waals surface area contributed by atoms with Gasteiger partial charge in [-0.05, 0) is 148 Å². The van der Waals surface area contributed by atoms with Crippen molar-refractivity contribution >= 4 is 11.4 Å². The van der Waals surface area contributed by atoms with E-state index in [2.05, 4.69) is 78.8 Å². The maximum Gasteiger partial charge on any atom is 0.210 e. The van der Waals surface area contributed by atoms with E-state index in [1.165, 1.54) is 129 Å². The van der Waals surface area contributed by atoms with Crippen LogP contribution in [0.5, 0.6) is 0 Å². The number of aryl methyl sites for hydroxylation is 4. The molecule has 0 aromatic heterocycles. The summed E-state index contributed by atoms with van der Waals surface area (Å²) in [5, 5.41) is 0. The van der Waals surface area contributed by atoms with Crippen LogP contribution in [0.2, 0.25) is 0 Å². The molecule has 1 heterocycles. The number of benzene rings is 2. The fraction of sp³-hybridized carbons (Fsp3) is 0.636. The van der Waals surface area contributed by atoms with Gasteiger partial charge >= 0.3 is 0 Å². The van der Waals surface area contributed by atoms with E-state index in [1.807, 2.05) is 0 Å². The Balaban J connectivity index is 2.18. The van der Waals surface area contributed by atoms with Crippen LogP contribution in [-0.4, -0.2) is 4.70 Å². The molecule has 0 aliphatic carbocycles. The molecule has 0 fully saturated rings. The zero-order chi connectivity index (χ0) is 33.3. The van der Waals surface area contributed by atoms with E-state index in [1.54, 1.807) is 15.8 Å². The maximum absolute atomic E-state index is 12.2. The summed E-state index contributed by atoms with van der Waals surface area (Å²) in [7, 11) is 0. The van der Waals surface area contributed by atoms with Gasteiger partial charge in [0.25, 0.3) is 0 Å². The summed E-state index contributed by atoms with van der Waals surface area (Å²) in [6.07, 6.45) is 27.1. The van der Waals surface area contributed by atoms with Gasteiger partial charge in [-0.25, -0.2) is 4.70 Å². The van der Waals surface area contributed by atoms with E-state index in [0.717, 1.165) is 56.3 Å². The van der Waals surface area contributed by atoms with E-state index in [0.29, 0.717) is 0 Å². The van der Waals surface area contributed by atoms with Crippen molar-refractivity contribution in [1.29, 1.82) is 0 Å². The van der Waals surface area contributed by atoms with E-state index >= 15 is 0 Å². The lowest BCUT2D eigenvalue weighted by molar-refractivity contribution is -0.344. The van der Waals surface area contributed by atoms with Crippen LogP contribution in [0.15, 0.2) is 35.9 Å². The number of unbranched alkanes of at least 4 members (excludes halogenated alkanes) is 7. The third kappa shape index (κ3) is 10.3. The molecular weight excluding hydrogens is 556 g/mol. The van der Waals surface area contributed by atoms with Crippen LogP contribution in [0.4, 0.5) is 0 Å². The first-order valence-corrected chi connectivity index (χ1v) is 19.7. The molecule has 2 heteroatoms. The normalized spacial score (nSPS) is 13.3. The highest BCUT2D eigenvalue weighted by Gasteiger charge is 2.30. The number of allylic oxidation sites excluding steroid dienone is 2. The van der Waals surface area contributed by atoms with Crippen molar-refractivity contribution in [3.05, 3.63) is 86.0 Å². The average molecular weight is 625 g/mol. The Morgan fingerprint density at radius 2 is 0.761 bits per heavy atom. The van der Waals surface area contributed by atoms with Crippen LogP contribution in [0.3, 0.4) is 0 Å². The Bertz CT molecular complexity index is 1250. The van der Waals surface area contributed by atoms with Crippen LogP contribution in [0.1, 0.15) is 189 Å². The lowest BCUT2D eigenvalue weighted by atomic mass is 9.87. The fourth-order valence-electron chi connectivity index (χ4n) is 7.21. The lowest BCUT2D eigenvalue weighted by Crippen LogP contribution is -2.09. The summed E-state index contributed by atoms with van der Waals surface area (Å²) in [6, 6.07) is 9.81. The molecule has 2 nitrogen and oxygen atoms in total. The van der Waals surface area contributed by atoms with Gasteiger partial charge in [-0.2, -0.15) is 0 Å². The molecular formula is C44H68N2. The third-order valence-electron chi connectivity index (χ3n) is 10.1. The number of hydrogen-bond acceptors (Lipinski definition) is 0. The molecule has 0 saturated carbocycles. The Morgan fingerprint density at radius 1 is 0.435 bits per heavy atom. The second-order valence-electron chi connectivity index (χ2n) is 14.0. The molecule has 0 unspecified atom stereocenters. The van der Waals surface area contributed by atoms with Gasteiger partial charge < -0.3 is 5.53 Å². The quantitative estimate of drug-likeness (QED) is 0.110. The highest BCUT2D eigenvalue weighted by Crippen LogP contribution is 2.40. The van der Waals surface area contributed by atoms with Gasteiger partial charge in [0.2, 0.25) is 11.4 Å². The summed E-state index contributed by atoms with van der Waals surface area (Å²) >= 11 is 0. The predicted octanol–water partition coefficient (Wildman–Crippen LogP) is 13.7. The summed E-state index contributed by atoms with van der Waals surface area (Å²) in [5.74, 6) is 0. The van der Waals surface area contributed by atoms with Crippen molar-refractivity contribution in [3.63, 3.8) is 0 Å². The van der Waals surface area contributed by atoms with E-state index in [9.17, 15) is 5.53 Å². The van der Waals surface area contributed by atoms with E-state index in [4.69, 9.17) is 0 Å². The molecule has 254 valence electrons. The van der Waals surface area contributed by atoms with Crippen molar-refractivity contribution in [1.82, 2.24) is 0 Å². The molecule has 0 atom stereocenters. The minimum atomic E-state index is 0.971. The molecule has 0 N–H and O–H groups in total. The van der Waals surface area contributed by atoms with Gasteiger partial charge in [-0.3, -0.25) is 0 Å². The molecule has 0 spiro atoms. The molecule has 1 aliphatic rings. The average Bonchev–Trinajstić information content (AvgIpc) is 3.40. The predicted molar refractivity (Wildman–Crippen MR) is 203 cm³/mol. The minimum Gasteiger partial charge on any atom is -0.493 e. The summed E-state index contributed by atoms with van der Waals surface area (Å²) in [5.41, 5.74) is 27.2. The van der Waals surface area contributed by atoms with Crippen molar-refractivity contribution < 1.29 is 4.70 Å². The topological polar surface area (TPSA) is 25.3 Å². The van der Waals surface area contributed by atoms with E-state index in [-0.39, 0.29) is 0 Å². The highest BCUT2D eigenvalue weighted by atomic mass is 15.2. The monoisotopic (exact) mass is 625 g/mol. The van der Waals surface area contributed by atoms with Crippen LogP contribution < -0.4 is 0 Å². The molecule has 3 rings (SSSR count). The van der Waals surface area contributed by atoms with Gasteiger partial charge in [0, 0.05) is 22.8 Å². The first-order chi connectivity index (χ1) is 22.5. The van der Waals surface area contributed by atoms with E-state index < -0.39 is 0 Å². The number of nitrogens with zero attached hydrogens (tertiary/aromatic N) is 2. The lowest BCUT2D eigenvalue weighted by Gasteiger charge is -2.20. The Labute approximate surface area is 284 Å². The summed E-state index contributed by atoms with van der Waals surface area (Å²) in [6.45, 7) is 16.1. The van der Waals surface area contributed by atoms with Crippen LogP contribution in [0.25, 0.3) is 16.9 Å². The Morgan fingerprint density at radius 3 is 1.13 bits per heavy atom. The van der Waals surface area contributed by atoms with Gasteiger partial charge in [0.15, 0.2) is 0 Å². The van der Waals surface area contributed by atoms with Crippen molar-refractivity contribution in [2.45, 2.75) is 183 Å². The first kappa shape index (κ1) is 38.0. The highest BCUT2D eigenvalue weighted by molar-refractivity contribution is 5.79. The van der Waals surface area contributed by atoms with Gasteiger partial charge in [0.1, 0.15) is 0 Å². The summed E-state index contributed by atoms with van der Waals surface area (Å²) in [4.78, 5) is 0. The minimum absolute atomic E-state index is 0.971. The molecule has 0 radical (unpaired) electrons. The molecule has 0 amide bonds. The van der Waals surface area contributed by atoms with Crippen molar-refractivity contribution in [3.8, 4) is 0 Å². The summed E-state index contributed by atoms with van der Waals surface area (Å²) < 4.78 is 1.59. The first-order valence-electron chi connectivity index (χ1n) is 19.7. The van der Waals surface area contributed by atoms with Gasteiger partial charge in [-0.15, -0.1) is 0 Å². The van der Waals surface area contributed by atoms with Crippen molar-refractivity contribution in [2.24, 2.45) is 0 Å². The molecule has 2 aromatic rings. The fourth-order valence-corrected chi connectivity index (χ4v) is 7.21. The van der Waals surface area contributed by atoms with Gasteiger partial charge in [-0.1, -0.05) is 93.4 Å². The molecule has 0 bridgehead atoms. The Kier molecular flexibility index (Phi) is 17.1. The van der Waals surface area contributed by atoms with Gasteiger partial charge in [0.05, 0.1) is 0 Å². The Hall–Kier alpha value is -2.48. The van der Waals surface area contributed by atoms with Crippen molar-refractivity contribution in [2.75, 3.05) is 0 Å². The molecule has 46 heavy (non-hydrogen) atoms. The molecule has 1 aliphatic heterocycles. The maximum atomic E-state index is 12.2. The van der Waals surface area contributed by atoms with Crippen LogP contribution in [0, 0.1) is 0 Å². The SMILES string of the molecule is CCCCC1=C(c2cc(CCCC)c(CCCC)c(CCCC)c2)[N+](=[N-])C(c2cc(CCCC)c(CCCC)c(CCCC)c2)=C1. The molecule has 0 saturated heterocycles.